The number of aromatic nitrogens is 2. The van der Waals surface area contributed by atoms with Gasteiger partial charge in [-0.1, -0.05) is 6.92 Å². The lowest BCUT2D eigenvalue weighted by Crippen LogP contribution is -2.17. The van der Waals surface area contributed by atoms with Crippen LogP contribution in [0.1, 0.15) is 31.7 Å². The maximum atomic E-state index is 12.2. The number of carbonyl (C=O) groups is 1. The van der Waals surface area contributed by atoms with Crippen molar-refractivity contribution in [2.45, 2.75) is 26.0 Å². The van der Waals surface area contributed by atoms with Crippen LogP contribution in [-0.4, -0.2) is 15.9 Å². The van der Waals surface area contributed by atoms with Gasteiger partial charge in [-0.25, -0.2) is 9.48 Å². The zero-order valence-electron chi connectivity index (χ0n) is 8.06. The molecule has 1 aromatic rings. The highest BCUT2D eigenvalue weighted by molar-refractivity contribution is 5.64. The van der Waals surface area contributed by atoms with Crippen molar-refractivity contribution < 1.29 is 18.3 Å². The largest absolute Gasteiger partial charge is 0.440 e. The topological polar surface area (TPSA) is 70.1 Å². The van der Waals surface area contributed by atoms with Crippen molar-refractivity contribution in [3.05, 3.63) is 18.0 Å². The van der Waals surface area contributed by atoms with Crippen LogP contribution in [-0.2, 0) is 4.74 Å². The second-order valence-corrected chi connectivity index (χ2v) is 2.83. The van der Waals surface area contributed by atoms with E-state index in [1.54, 1.807) is 6.92 Å². The number of halogens is 2. The van der Waals surface area contributed by atoms with E-state index >= 15 is 0 Å². The Balaban J connectivity index is 2.78. The van der Waals surface area contributed by atoms with E-state index in [-0.39, 0.29) is 5.69 Å². The summed E-state index contributed by atoms with van der Waals surface area (Å²) in [7, 11) is 0. The lowest BCUT2D eigenvalue weighted by molar-refractivity contribution is 0.0536. The van der Waals surface area contributed by atoms with Crippen LogP contribution in [0.4, 0.5) is 13.6 Å². The molecular formula is C8H11F2N3O2. The van der Waals surface area contributed by atoms with E-state index in [9.17, 15) is 13.6 Å². The molecule has 0 aliphatic heterocycles. The van der Waals surface area contributed by atoms with Gasteiger partial charge in [0.2, 0.25) is 0 Å². The van der Waals surface area contributed by atoms with Gasteiger partial charge in [0.05, 0.1) is 0 Å². The SMILES string of the molecule is CCC(OC(N)=O)c1ccn(C(F)F)n1. The number of carbonyl (C=O) groups excluding carboxylic acids is 1. The minimum atomic E-state index is -2.70. The first kappa shape index (κ1) is 11.4. The Bertz CT molecular complexity index is 340. The van der Waals surface area contributed by atoms with Gasteiger partial charge < -0.3 is 10.5 Å². The van der Waals surface area contributed by atoms with Crippen LogP contribution < -0.4 is 5.73 Å². The average molecular weight is 219 g/mol. The monoisotopic (exact) mass is 219 g/mol. The third-order valence-corrected chi connectivity index (χ3v) is 1.79. The number of amides is 1. The third kappa shape index (κ3) is 2.90. The van der Waals surface area contributed by atoms with Crippen molar-refractivity contribution in [1.29, 1.82) is 0 Å². The summed E-state index contributed by atoms with van der Waals surface area (Å²) >= 11 is 0. The van der Waals surface area contributed by atoms with Gasteiger partial charge in [0.1, 0.15) is 11.8 Å². The van der Waals surface area contributed by atoms with Gasteiger partial charge in [0.15, 0.2) is 0 Å². The summed E-state index contributed by atoms with van der Waals surface area (Å²) in [5.74, 6) is 0. The van der Waals surface area contributed by atoms with Gasteiger partial charge in [-0.05, 0) is 12.5 Å². The molecule has 1 rings (SSSR count). The number of nitrogens with two attached hydrogens (primary N) is 1. The fraction of sp³-hybridized carbons (Fsp3) is 0.500. The van der Waals surface area contributed by atoms with Crippen molar-refractivity contribution in [2.24, 2.45) is 5.73 Å². The Kier molecular flexibility index (Phi) is 3.59. The van der Waals surface area contributed by atoms with Crippen LogP contribution >= 0.6 is 0 Å². The highest BCUT2D eigenvalue weighted by atomic mass is 19.3. The Morgan fingerprint density at radius 3 is 2.80 bits per heavy atom. The minimum absolute atomic E-state index is 0.261. The summed E-state index contributed by atoms with van der Waals surface area (Å²) in [5, 5.41) is 3.57. The fourth-order valence-electron chi connectivity index (χ4n) is 1.13. The molecule has 0 bridgehead atoms. The Labute approximate surface area is 84.8 Å². The number of nitrogens with zero attached hydrogens (tertiary/aromatic N) is 2. The van der Waals surface area contributed by atoms with Crippen LogP contribution in [0.5, 0.6) is 0 Å². The summed E-state index contributed by atoms with van der Waals surface area (Å²) in [4.78, 5) is 10.5. The molecule has 1 unspecified atom stereocenters. The molecule has 7 heteroatoms. The summed E-state index contributed by atoms with van der Waals surface area (Å²) in [6.07, 6.45) is -0.0909. The van der Waals surface area contributed by atoms with E-state index in [0.717, 1.165) is 6.20 Å². The average Bonchev–Trinajstić information content (AvgIpc) is 2.62. The van der Waals surface area contributed by atoms with Gasteiger partial charge in [-0.15, -0.1) is 0 Å². The van der Waals surface area contributed by atoms with Crippen LogP contribution in [0.15, 0.2) is 12.3 Å². The molecule has 1 heterocycles. The van der Waals surface area contributed by atoms with Gasteiger partial charge >= 0.3 is 12.6 Å². The first-order valence-electron chi connectivity index (χ1n) is 4.34. The molecule has 0 fully saturated rings. The second-order valence-electron chi connectivity index (χ2n) is 2.83. The molecular weight excluding hydrogens is 208 g/mol. The highest BCUT2D eigenvalue weighted by Gasteiger charge is 2.17. The van der Waals surface area contributed by atoms with Gasteiger partial charge in [0, 0.05) is 6.20 Å². The molecule has 1 aromatic heterocycles. The lowest BCUT2D eigenvalue weighted by Gasteiger charge is -2.11. The maximum Gasteiger partial charge on any atom is 0.405 e. The van der Waals surface area contributed by atoms with E-state index in [1.807, 2.05) is 0 Å². The van der Waals surface area contributed by atoms with Crippen molar-refractivity contribution in [3.8, 4) is 0 Å². The van der Waals surface area contributed by atoms with E-state index < -0.39 is 18.7 Å². The normalized spacial score (nSPS) is 12.8. The Hall–Kier alpha value is -1.66. The molecule has 0 radical (unpaired) electrons. The number of primary amides is 1. The zero-order valence-corrected chi connectivity index (χ0v) is 8.06. The van der Waals surface area contributed by atoms with Gasteiger partial charge in [-0.2, -0.15) is 13.9 Å². The Morgan fingerprint density at radius 1 is 1.73 bits per heavy atom. The molecule has 2 N–H and O–H groups in total. The lowest BCUT2D eigenvalue weighted by atomic mass is 10.2. The van der Waals surface area contributed by atoms with Gasteiger partial charge in [0.25, 0.3) is 0 Å². The number of alkyl halides is 2. The van der Waals surface area contributed by atoms with E-state index in [0.29, 0.717) is 11.1 Å². The molecule has 5 nitrogen and oxygen atoms in total. The van der Waals surface area contributed by atoms with E-state index in [4.69, 9.17) is 10.5 Å². The summed E-state index contributed by atoms with van der Waals surface area (Å²) in [6, 6.07) is 1.36. The van der Waals surface area contributed by atoms with Gasteiger partial charge in [-0.3, -0.25) is 0 Å². The summed E-state index contributed by atoms with van der Waals surface area (Å²) in [6.45, 7) is -0.973. The van der Waals surface area contributed by atoms with E-state index in [1.165, 1.54) is 6.07 Å². The highest BCUT2D eigenvalue weighted by Crippen LogP contribution is 2.20. The smallest absolute Gasteiger partial charge is 0.405 e. The molecule has 0 spiro atoms. The predicted octanol–water partition coefficient (Wildman–Crippen LogP) is 1.82. The summed E-state index contributed by atoms with van der Waals surface area (Å²) < 4.78 is 29.5. The summed E-state index contributed by atoms with van der Waals surface area (Å²) in [5.41, 5.74) is 5.09. The van der Waals surface area contributed by atoms with Crippen molar-refractivity contribution in [2.75, 3.05) is 0 Å². The molecule has 1 atom stereocenters. The number of rotatable bonds is 4. The minimum Gasteiger partial charge on any atom is -0.440 e. The number of ether oxygens (including phenoxy) is 1. The molecule has 0 aliphatic rings. The molecule has 0 aliphatic carbocycles. The molecule has 1 amide bonds. The predicted molar refractivity (Wildman–Crippen MR) is 47.2 cm³/mol. The van der Waals surface area contributed by atoms with Crippen LogP contribution in [0.2, 0.25) is 0 Å². The standard InChI is InChI=1S/C8H11F2N3O2/c1-2-6(15-8(11)14)5-3-4-13(12-5)7(9)10/h3-4,6-7H,2H2,1H3,(H2,11,14). The Morgan fingerprint density at radius 2 is 2.40 bits per heavy atom. The molecule has 0 saturated heterocycles. The molecule has 0 saturated carbocycles. The zero-order chi connectivity index (χ0) is 11.4. The maximum absolute atomic E-state index is 12.2. The quantitative estimate of drug-likeness (QED) is 0.839. The van der Waals surface area contributed by atoms with Crippen LogP contribution in [0, 0.1) is 0 Å². The molecule has 84 valence electrons. The first-order valence-corrected chi connectivity index (χ1v) is 4.34. The second kappa shape index (κ2) is 4.72. The fourth-order valence-corrected chi connectivity index (χ4v) is 1.13. The number of hydrogen-bond donors (Lipinski definition) is 1. The molecule has 0 aromatic carbocycles. The van der Waals surface area contributed by atoms with Crippen LogP contribution in [0.25, 0.3) is 0 Å². The van der Waals surface area contributed by atoms with Crippen molar-refractivity contribution in [3.63, 3.8) is 0 Å². The third-order valence-electron chi connectivity index (χ3n) is 1.79. The van der Waals surface area contributed by atoms with Crippen molar-refractivity contribution in [1.82, 2.24) is 9.78 Å². The molecule has 15 heavy (non-hydrogen) atoms. The number of hydrogen-bond acceptors (Lipinski definition) is 3. The van der Waals surface area contributed by atoms with Crippen molar-refractivity contribution >= 4 is 6.09 Å². The first-order chi connectivity index (χ1) is 7.04. The van der Waals surface area contributed by atoms with E-state index in [2.05, 4.69) is 5.10 Å². The van der Waals surface area contributed by atoms with Crippen LogP contribution in [0.3, 0.4) is 0 Å².